The van der Waals surface area contributed by atoms with Crippen molar-refractivity contribution < 1.29 is 4.79 Å². The van der Waals surface area contributed by atoms with Gasteiger partial charge >= 0.3 is 5.08 Å². The van der Waals surface area contributed by atoms with Gasteiger partial charge in [0.1, 0.15) is 5.82 Å². The second-order valence-electron chi connectivity index (χ2n) is 5.61. The highest BCUT2D eigenvalue weighted by molar-refractivity contribution is 6.04. The highest BCUT2D eigenvalue weighted by Gasteiger charge is 2.10. The van der Waals surface area contributed by atoms with Crippen LogP contribution in [0.15, 0.2) is 36.5 Å². The zero-order valence-electron chi connectivity index (χ0n) is 13.2. The number of hydrogen-bond acceptors (Lipinski definition) is 5. The molecule has 8 nitrogen and oxygen atoms in total. The summed E-state index contributed by atoms with van der Waals surface area (Å²) in [6.45, 7) is 4.13. The van der Waals surface area contributed by atoms with E-state index in [0.717, 1.165) is 16.9 Å². The number of aromatic amines is 1. The molecule has 2 aromatic heterocycles. The summed E-state index contributed by atoms with van der Waals surface area (Å²) in [6.07, 6.45) is 1.40. The van der Waals surface area contributed by atoms with Gasteiger partial charge in [0.05, 0.1) is 16.6 Å². The van der Waals surface area contributed by atoms with E-state index in [0.29, 0.717) is 23.0 Å². The molecule has 3 rings (SSSR count). The van der Waals surface area contributed by atoms with Crippen LogP contribution in [0.5, 0.6) is 0 Å². The molecule has 3 aromatic rings. The van der Waals surface area contributed by atoms with Crippen LogP contribution in [0, 0.1) is 5.39 Å². The highest BCUT2D eigenvalue weighted by Crippen LogP contribution is 2.21. The van der Waals surface area contributed by atoms with Gasteiger partial charge in [-0.05, 0) is 30.3 Å². The van der Waals surface area contributed by atoms with E-state index in [1.807, 2.05) is 12.1 Å². The van der Waals surface area contributed by atoms with Crippen molar-refractivity contribution in [1.82, 2.24) is 15.0 Å². The number of amides is 1. The minimum absolute atomic E-state index is 0.280. The fourth-order valence-electron chi connectivity index (χ4n) is 2.23. The average Bonchev–Trinajstić information content (AvgIpc) is 2.99. The van der Waals surface area contributed by atoms with Gasteiger partial charge in [-0.2, -0.15) is 0 Å². The number of rotatable bonds is 4. The van der Waals surface area contributed by atoms with Crippen molar-refractivity contribution >= 4 is 28.4 Å². The molecule has 0 aliphatic carbocycles. The lowest BCUT2D eigenvalue weighted by Crippen LogP contribution is -2.12. The van der Waals surface area contributed by atoms with Gasteiger partial charge < -0.3 is 10.3 Å². The predicted molar refractivity (Wildman–Crippen MR) is 91.1 cm³/mol. The van der Waals surface area contributed by atoms with Crippen LogP contribution in [0.1, 0.15) is 35.9 Å². The lowest BCUT2D eigenvalue weighted by molar-refractivity contribution is 0.102. The molecule has 0 spiro atoms. The maximum absolute atomic E-state index is 12.3. The normalized spacial score (nSPS) is 10.6. The Morgan fingerprint density at radius 2 is 2.12 bits per heavy atom. The summed E-state index contributed by atoms with van der Waals surface area (Å²) in [5.74, 6) is 1.28. The molecule has 8 heteroatoms. The first kappa shape index (κ1) is 15.4. The number of hydrogen-bond donors (Lipinski definition) is 3. The quantitative estimate of drug-likeness (QED) is 0.503. The number of imidazole rings is 1. The molecule has 0 aliphatic heterocycles. The third-order valence-electron chi connectivity index (χ3n) is 3.50. The first-order valence-corrected chi connectivity index (χ1v) is 7.44. The maximum atomic E-state index is 12.3. The third kappa shape index (κ3) is 3.15. The number of nitrogens with zero attached hydrogens (tertiary/aromatic N) is 4. The smallest absolute Gasteiger partial charge is 0.309 e. The van der Waals surface area contributed by atoms with E-state index in [1.54, 1.807) is 18.2 Å². The van der Waals surface area contributed by atoms with Crippen LogP contribution in [-0.2, 0) is 0 Å². The van der Waals surface area contributed by atoms with Crippen molar-refractivity contribution in [1.29, 1.82) is 5.39 Å². The van der Waals surface area contributed by atoms with E-state index in [4.69, 9.17) is 5.39 Å². The van der Waals surface area contributed by atoms with E-state index in [-0.39, 0.29) is 5.91 Å². The second-order valence-corrected chi connectivity index (χ2v) is 5.61. The van der Waals surface area contributed by atoms with Crippen molar-refractivity contribution in [2.24, 2.45) is 0 Å². The van der Waals surface area contributed by atoms with Crippen LogP contribution < -0.4 is 10.7 Å². The summed E-state index contributed by atoms with van der Waals surface area (Å²) >= 11 is 0. The summed E-state index contributed by atoms with van der Waals surface area (Å²) in [4.78, 5) is 24.0. The standard InChI is InChI=1S/C16H15N7O/c1-9(2)15-20-12-5-4-11(7-13(12)21-15)19-16(24)10-3-6-14(18-8-10)22-23-17/h3-9,17H,1-2H3,(H,18,22,24)/p+1. The molecule has 0 saturated carbocycles. The van der Waals surface area contributed by atoms with Crippen molar-refractivity contribution in [3.8, 4) is 0 Å². The minimum Gasteiger partial charge on any atom is -0.342 e. The van der Waals surface area contributed by atoms with Crippen molar-refractivity contribution in [3.05, 3.63) is 53.0 Å². The van der Waals surface area contributed by atoms with Gasteiger partial charge in [0.2, 0.25) is 5.82 Å². The Hall–Kier alpha value is -3.47. The molecule has 0 aliphatic rings. The van der Waals surface area contributed by atoms with E-state index < -0.39 is 0 Å². The fourth-order valence-corrected chi connectivity index (χ4v) is 2.23. The molecule has 0 fully saturated rings. The van der Waals surface area contributed by atoms with Crippen molar-refractivity contribution in [3.63, 3.8) is 0 Å². The van der Waals surface area contributed by atoms with Gasteiger partial charge in [-0.1, -0.05) is 13.8 Å². The lowest BCUT2D eigenvalue weighted by atomic mass is 10.2. The number of pyridine rings is 1. The van der Waals surface area contributed by atoms with Crippen LogP contribution in [-0.4, -0.2) is 20.9 Å². The zero-order valence-corrected chi connectivity index (χ0v) is 13.2. The van der Waals surface area contributed by atoms with Gasteiger partial charge in [-0.15, -0.1) is 0 Å². The van der Waals surface area contributed by atoms with Gasteiger partial charge in [-0.3, -0.25) is 4.79 Å². The summed E-state index contributed by atoms with van der Waals surface area (Å²) in [6, 6.07) is 8.64. The number of nitrogens with one attached hydrogen (secondary N) is 3. The largest absolute Gasteiger partial charge is 0.342 e. The van der Waals surface area contributed by atoms with E-state index >= 15 is 0 Å². The molecule has 3 N–H and O–H groups in total. The second kappa shape index (κ2) is 6.34. The molecule has 0 atom stereocenters. The first-order chi connectivity index (χ1) is 11.6. The SMILES string of the molecule is CC(C)c1nc2ccc(NC(=O)c3ccc(N[N+]#N)nc3)cc2[nH]1. The number of fused-ring (bicyclic) bond motifs is 1. The Labute approximate surface area is 137 Å². The molecule has 120 valence electrons. The Morgan fingerprint density at radius 1 is 1.29 bits per heavy atom. The molecule has 1 aromatic carbocycles. The number of anilines is 2. The van der Waals surface area contributed by atoms with Crippen LogP contribution >= 0.6 is 0 Å². The molecule has 0 bridgehead atoms. The van der Waals surface area contributed by atoms with Crippen molar-refractivity contribution in [2.75, 3.05) is 10.7 Å². The molecular weight excluding hydrogens is 306 g/mol. The van der Waals surface area contributed by atoms with E-state index in [1.165, 1.54) is 6.20 Å². The average molecular weight is 322 g/mol. The van der Waals surface area contributed by atoms with Gasteiger partial charge in [0.25, 0.3) is 11.3 Å². The molecule has 0 saturated heterocycles. The lowest BCUT2D eigenvalue weighted by Gasteiger charge is -2.05. The Morgan fingerprint density at radius 3 is 2.79 bits per heavy atom. The molecule has 24 heavy (non-hydrogen) atoms. The number of carbonyl (C=O) groups is 1. The van der Waals surface area contributed by atoms with E-state index in [2.05, 4.69) is 44.6 Å². The number of aromatic nitrogens is 3. The van der Waals surface area contributed by atoms with Crippen LogP contribution in [0.4, 0.5) is 11.5 Å². The summed E-state index contributed by atoms with van der Waals surface area (Å²) in [5, 5.41) is 14.0. The first-order valence-electron chi connectivity index (χ1n) is 7.44. The molecule has 2 heterocycles. The molecule has 1 amide bonds. The Balaban J connectivity index is 1.78. The summed E-state index contributed by atoms with van der Waals surface area (Å²) in [7, 11) is 0. The van der Waals surface area contributed by atoms with Crippen LogP contribution in [0.3, 0.4) is 0 Å². The molecule has 0 unspecified atom stereocenters. The maximum Gasteiger partial charge on any atom is 0.309 e. The minimum atomic E-state index is -0.280. The fraction of sp³-hybridized carbons (Fsp3) is 0.188. The van der Waals surface area contributed by atoms with Gasteiger partial charge in [0.15, 0.2) is 0 Å². The summed E-state index contributed by atoms with van der Waals surface area (Å²) < 4.78 is 0. The number of benzene rings is 1. The highest BCUT2D eigenvalue weighted by atomic mass is 16.1. The third-order valence-corrected chi connectivity index (χ3v) is 3.50. The van der Waals surface area contributed by atoms with E-state index in [9.17, 15) is 4.79 Å². The van der Waals surface area contributed by atoms with Gasteiger partial charge in [-0.25, -0.2) is 9.97 Å². The zero-order chi connectivity index (χ0) is 17.1. The van der Waals surface area contributed by atoms with Gasteiger partial charge in [0, 0.05) is 23.2 Å². The van der Waals surface area contributed by atoms with Crippen LogP contribution in [0.2, 0.25) is 0 Å². The Kier molecular flexibility index (Phi) is 4.07. The van der Waals surface area contributed by atoms with Crippen LogP contribution in [0.25, 0.3) is 16.1 Å². The number of diazo groups is 1. The predicted octanol–water partition coefficient (Wildman–Crippen LogP) is 3.51. The summed E-state index contributed by atoms with van der Waals surface area (Å²) in [5.41, 5.74) is 5.08. The topological polar surface area (TPSA) is 111 Å². The number of H-pyrrole nitrogens is 1. The molecular formula is C16H16N7O+. The molecule has 0 radical (unpaired) electrons. The monoisotopic (exact) mass is 322 g/mol. The Bertz CT molecular complexity index is 922. The number of carbonyl (C=O) groups excluding carboxylic acids is 1. The van der Waals surface area contributed by atoms with Crippen molar-refractivity contribution in [2.45, 2.75) is 19.8 Å².